The Morgan fingerprint density at radius 3 is 1.62 bits per heavy atom. The van der Waals surface area contributed by atoms with Crippen LogP contribution in [0.3, 0.4) is 0 Å². The van der Waals surface area contributed by atoms with Crippen LogP contribution >= 0.6 is 0 Å². The zero-order valence-electron chi connectivity index (χ0n) is 42.5. The summed E-state index contributed by atoms with van der Waals surface area (Å²) in [5.41, 5.74) is 9.38. The third-order valence-electron chi connectivity index (χ3n) is 13.1. The van der Waals surface area contributed by atoms with E-state index in [2.05, 4.69) is 125 Å². The first-order valence-corrected chi connectivity index (χ1v) is 22.1. The van der Waals surface area contributed by atoms with Gasteiger partial charge in [0.15, 0.2) is 0 Å². The molecule has 0 saturated heterocycles. The Kier molecular flexibility index (Phi) is 7.22. The zero-order chi connectivity index (χ0) is 49.7. The number of anilines is 6. The molecule has 0 aliphatic heterocycles. The molecule has 0 amide bonds. The van der Waals surface area contributed by atoms with Crippen molar-refractivity contribution in [1.82, 2.24) is 0 Å². The molecule has 0 saturated carbocycles. The van der Waals surface area contributed by atoms with Crippen molar-refractivity contribution >= 4 is 77.6 Å². The molecule has 3 nitrogen and oxygen atoms in total. The van der Waals surface area contributed by atoms with Gasteiger partial charge in [0.25, 0.3) is 0 Å². The highest BCUT2D eigenvalue weighted by atomic mass is 16.3. The lowest BCUT2D eigenvalue weighted by Gasteiger charge is -2.35. The highest BCUT2D eigenvalue weighted by Crippen LogP contribution is 2.59. The van der Waals surface area contributed by atoms with Gasteiger partial charge in [-0.2, -0.15) is 0 Å². The van der Waals surface area contributed by atoms with Crippen LogP contribution in [0.15, 0.2) is 259 Å². The summed E-state index contributed by atoms with van der Waals surface area (Å²) in [5.74, 6) is 0. The summed E-state index contributed by atoms with van der Waals surface area (Å²) in [7, 11) is 0. The lowest BCUT2D eigenvalue weighted by Crippen LogP contribution is -2.28. The maximum absolute atomic E-state index is 10.3. The molecular weight excluding hydrogens is 801 g/mol. The molecule has 0 spiro atoms. The molecule has 1 aromatic heterocycles. The summed E-state index contributed by atoms with van der Waals surface area (Å²) in [4.78, 5) is 4.47. The Balaban J connectivity index is 1.19. The minimum absolute atomic E-state index is 0.106. The molecule has 1 heterocycles. The highest BCUT2D eigenvalue weighted by Gasteiger charge is 2.47. The van der Waals surface area contributed by atoms with E-state index in [1.165, 1.54) is 0 Å². The van der Waals surface area contributed by atoms with Gasteiger partial charge in [-0.25, -0.2) is 0 Å². The molecular formula is C63H42N2O. The van der Waals surface area contributed by atoms with E-state index < -0.39 is 29.6 Å². The number of furan rings is 1. The standard InChI is InChI=1S/C63H42N2O/c1-4-21-48(22-5-1)64(49-23-6-2-7-24-49)51-34-36-58-55(41-51)56-42-52(65(50-25-8-3-9-26-50)60-29-16-20-44-18-12-13-27-53(44)60)35-37-59(56)63(58,46-32-31-43-17-10-11-19-45(43)39-46)47-33-38-62-57(40-47)54-28-14-15-30-61(54)66-62/h1-42H/i10D,11D,17D,19D,31D,32D,39D. The fourth-order valence-electron chi connectivity index (χ4n) is 10.2. The third-order valence-corrected chi connectivity index (χ3v) is 13.1. The van der Waals surface area contributed by atoms with Crippen LogP contribution in [0.1, 0.15) is 31.8 Å². The summed E-state index contributed by atoms with van der Waals surface area (Å²) in [6.45, 7) is 0. The molecule has 1 atom stereocenters. The minimum Gasteiger partial charge on any atom is -0.456 e. The van der Waals surface area contributed by atoms with Gasteiger partial charge in [0.05, 0.1) is 20.7 Å². The molecule has 66 heavy (non-hydrogen) atoms. The minimum atomic E-state index is -1.50. The largest absolute Gasteiger partial charge is 0.456 e. The molecule has 0 radical (unpaired) electrons. The molecule has 1 unspecified atom stereocenters. The van der Waals surface area contributed by atoms with Crippen LogP contribution in [0.2, 0.25) is 0 Å². The van der Waals surface area contributed by atoms with Crippen LogP contribution in [0, 0.1) is 0 Å². The van der Waals surface area contributed by atoms with E-state index in [0.717, 1.165) is 77.9 Å². The van der Waals surface area contributed by atoms with Crippen LogP contribution in [-0.4, -0.2) is 0 Å². The van der Waals surface area contributed by atoms with Crippen molar-refractivity contribution in [3.63, 3.8) is 0 Å². The van der Waals surface area contributed by atoms with Crippen molar-refractivity contribution in [1.29, 1.82) is 0 Å². The quantitative estimate of drug-likeness (QED) is 0.152. The SMILES string of the molecule is [2H]c1c([2H])c([2H])c2c([2H])c(C3(c4ccc5oc6ccccc6c5c4)c4ccc(N(c5ccccc5)c5ccccc5)cc4-c4cc(N(c5ccccc5)c5cccc6ccccc56)ccc43)c([2H])c([2H])c2c1[2H]. The monoisotopic (exact) mass is 849 g/mol. The van der Waals surface area contributed by atoms with Crippen LogP contribution < -0.4 is 9.80 Å². The molecule has 1 aliphatic carbocycles. The predicted octanol–water partition coefficient (Wildman–Crippen LogP) is 17.2. The van der Waals surface area contributed by atoms with E-state index in [4.69, 9.17) is 8.53 Å². The number of para-hydroxylation sites is 4. The third kappa shape index (κ3) is 5.91. The highest BCUT2D eigenvalue weighted by molar-refractivity contribution is 6.06. The van der Waals surface area contributed by atoms with Crippen molar-refractivity contribution < 1.29 is 14.0 Å². The first-order valence-electron chi connectivity index (χ1n) is 25.6. The summed E-state index contributed by atoms with van der Waals surface area (Å²) in [6, 6.07) is 69.0. The average Bonchev–Trinajstić information content (AvgIpc) is 3.95. The first kappa shape index (κ1) is 31.2. The van der Waals surface area contributed by atoms with E-state index in [1.54, 1.807) is 0 Å². The smallest absolute Gasteiger partial charge is 0.135 e. The van der Waals surface area contributed by atoms with Crippen molar-refractivity contribution in [3.8, 4) is 11.1 Å². The predicted molar refractivity (Wildman–Crippen MR) is 275 cm³/mol. The van der Waals surface area contributed by atoms with E-state index in [1.807, 2.05) is 97.1 Å². The topological polar surface area (TPSA) is 19.6 Å². The number of rotatable bonds is 8. The second-order valence-electron chi connectivity index (χ2n) is 16.7. The second kappa shape index (κ2) is 15.3. The molecule has 0 N–H and O–H groups in total. The van der Waals surface area contributed by atoms with Crippen LogP contribution in [0.4, 0.5) is 34.1 Å². The normalized spacial score (nSPS) is 15.6. The lowest BCUT2D eigenvalue weighted by molar-refractivity contribution is 0.668. The fourth-order valence-corrected chi connectivity index (χ4v) is 10.2. The van der Waals surface area contributed by atoms with Gasteiger partial charge in [0.2, 0.25) is 0 Å². The van der Waals surface area contributed by atoms with E-state index in [9.17, 15) is 5.48 Å². The van der Waals surface area contributed by atoms with Crippen molar-refractivity contribution in [2.45, 2.75) is 5.41 Å². The van der Waals surface area contributed by atoms with Gasteiger partial charge in [0, 0.05) is 44.6 Å². The Hall–Kier alpha value is -8.66. The molecule has 3 heteroatoms. The summed E-state index contributed by atoms with van der Waals surface area (Å²) in [6.07, 6.45) is 0. The molecule has 13 rings (SSSR count). The van der Waals surface area contributed by atoms with Gasteiger partial charge in [-0.1, -0.05) is 164 Å². The van der Waals surface area contributed by atoms with Crippen molar-refractivity contribution in [2.24, 2.45) is 0 Å². The molecule has 12 aromatic rings. The Morgan fingerprint density at radius 1 is 0.364 bits per heavy atom. The summed E-state index contributed by atoms with van der Waals surface area (Å²) < 4.78 is 72.3. The van der Waals surface area contributed by atoms with E-state index in [0.29, 0.717) is 16.7 Å². The summed E-state index contributed by atoms with van der Waals surface area (Å²) >= 11 is 0. The average molecular weight is 850 g/mol. The van der Waals surface area contributed by atoms with Crippen molar-refractivity contribution in [3.05, 3.63) is 277 Å². The Bertz CT molecular complexity index is 4160. The fraction of sp³-hybridized carbons (Fsp3) is 0.0159. The van der Waals surface area contributed by atoms with E-state index in [-0.39, 0.29) is 34.5 Å². The van der Waals surface area contributed by atoms with Gasteiger partial charge in [-0.15, -0.1) is 0 Å². The number of hydrogen-bond donors (Lipinski definition) is 0. The van der Waals surface area contributed by atoms with Crippen LogP contribution in [0.5, 0.6) is 0 Å². The molecule has 0 bridgehead atoms. The lowest BCUT2D eigenvalue weighted by atomic mass is 9.67. The van der Waals surface area contributed by atoms with Gasteiger partial charge in [0.1, 0.15) is 11.2 Å². The summed E-state index contributed by atoms with van der Waals surface area (Å²) in [5, 5.41) is 3.61. The maximum Gasteiger partial charge on any atom is 0.135 e. The maximum atomic E-state index is 10.3. The number of fused-ring (bicyclic) bond motifs is 8. The molecule has 11 aromatic carbocycles. The molecule has 310 valence electrons. The van der Waals surface area contributed by atoms with Gasteiger partial charge in [-0.3, -0.25) is 0 Å². The van der Waals surface area contributed by atoms with Gasteiger partial charge < -0.3 is 14.2 Å². The molecule has 0 fully saturated rings. The second-order valence-corrected chi connectivity index (χ2v) is 16.7. The van der Waals surface area contributed by atoms with Crippen molar-refractivity contribution in [2.75, 3.05) is 9.80 Å². The van der Waals surface area contributed by atoms with Crippen LogP contribution in [-0.2, 0) is 5.41 Å². The Morgan fingerprint density at radius 2 is 0.924 bits per heavy atom. The molecule has 1 aliphatic rings. The van der Waals surface area contributed by atoms with Gasteiger partial charge >= 0.3 is 0 Å². The number of benzene rings is 11. The van der Waals surface area contributed by atoms with Gasteiger partial charge in [-0.05, 0) is 141 Å². The Labute approximate surface area is 393 Å². The van der Waals surface area contributed by atoms with E-state index >= 15 is 0 Å². The van der Waals surface area contributed by atoms with Crippen LogP contribution in [0.25, 0.3) is 54.6 Å². The number of hydrogen-bond acceptors (Lipinski definition) is 3. The first-order chi connectivity index (χ1) is 35.6. The number of nitrogens with zero attached hydrogens (tertiary/aromatic N) is 2. The zero-order valence-corrected chi connectivity index (χ0v) is 35.5.